The molecular weight excluding hydrogens is 297 g/mol. The lowest BCUT2D eigenvalue weighted by molar-refractivity contribution is -0.138. The van der Waals surface area contributed by atoms with Crippen molar-refractivity contribution in [3.8, 4) is 0 Å². The summed E-state index contributed by atoms with van der Waals surface area (Å²) in [6.45, 7) is 0. The number of carboxylic acid groups (broad SMARTS) is 1. The van der Waals surface area contributed by atoms with Gasteiger partial charge >= 0.3 is 5.97 Å². The molecule has 1 fully saturated rings. The monoisotopic (exact) mass is 305 g/mol. The normalized spacial score (nSPS) is 24.6. The minimum atomic E-state index is -0.868. The zero-order valence-electron chi connectivity index (χ0n) is 8.11. The third kappa shape index (κ3) is 2.39. The van der Waals surface area contributed by atoms with E-state index in [4.69, 9.17) is 5.11 Å². The van der Waals surface area contributed by atoms with Crippen molar-refractivity contribution in [3.05, 3.63) is 34.1 Å². The Morgan fingerprint density at radius 1 is 1.62 bits per heavy atom. The molecule has 16 heavy (non-hydrogen) atoms. The minimum Gasteiger partial charge on any atom is -0.480 e. The van der Waals surface area contributed by atoms with Gasteiger partial charge in [0.25, 0.3) is 0 Å². The van der Waals surface area contributed by atoms with Gasteiger partial charge in [0.05, 0.1) is 9.85 Å². The summed E-state index contributed by atoms with van der Waals surface area (Å²) in [5, 5.41) is 11.6. The summed E-state index contributed by atoms with van der Waals surface area (Å²) in [5.41, 5.74) is 0.759. The van der Waals surface area contributed by atoms with Gasteiger partial charge in [-0.05, 0) is 33.6 Å². The van der Waals surface area contributed by atoms with Gasteiger partial charge in [0.1, 0.15) is 11.9 Å². The molecule has 1 aromatic rings. The van der Waals surface area contributed by atoms with E-state index < -0.39 is 12.0 Å². The highest BCUT2D eigenvalue weighted by atomic mass is 79.9. The van der Waals surface area contributed by atoms with Crippen LogP contribution in [0.15, 0.2) is 22.7 Å². The molecule has 1 unspecified atom stereocenters. The maximum absolute atomic E-state index is 13.3. The van der Waals surface area contributed by atoms with Crippen LogP contribution in [0, 0.1) is 5.82 Å². The number of carboxylic acids is 1. The Morgan fingerprint density at radius 2 is 2.38 bits per heavy atom. The van der Waals surface area contributed by atoms with E-state index in [1.165, 1.54) is 17.8 Å². The second-order valence-corrected chi connectivity index (χ2v) is 5.44. The highest BCUT2D eigenvalue weighted by Crippen LogP contribution is 2.34. The van der Waals surface area contributed by atoms with Gasteiger partial charge in [-0.3, -0.25) is 10.1 Å². The first kappa shape index (κ1) is 11.9. The highest BCUT2D eigenvalue weighted by Gasteiger charge is 2.30. The van der Waals surface area contributed by atoms with E-state index in [1.807, 2.05) is 0 Å². The number of nitrogens with one attached hydrogen (secondary N) is 1. The number of benzene rings is 1. The van der Waals surface area contributed by atoms with Crippen LogP contribution in [0.2, 0.25) is 0 Å². The zero-order chi connectivity index (χ0) is 11.7. The molecule has 0 spiro atoms. The van der Waals surface area contributed by atoms with Crippen LogP contribution in [-0.2, 0) is 4.79 Å². The first-order valence-corrected chi connectivity index (χ1v) is 6.47. The second-order valence-electron chi connectivity index (χ2n) is 3.44. The van der Waals surface area contributed by atoms with E-state index in [9.17, 15) is 9.18 Å². The van der Waals surface area contributed by atoms with Gasteiger partial charge < -0.3 is 5.11 Å². The molecule has 2 atom stereocenters. The minimum absolute atomic E-state index is 0.149. The van der Waals surface area contributed by atoms with E-state index in [0.29, 0.717) is 10.2 Å². The Hall–Kier alpha value is -0.590. The largest absolute Gasteiger partial charge is 0.480 e. The molecule has 86 valence electrons. The van der Waals surface area contributed by atoms with Gasteiger partial charge in [0.15, 0.2) is 0 Å². The van der Waals surface area contributed by atoms with Crippen LogP contribution in [0.3, 0.4) is 0 Å². The predicted octanol–water partition coefficient (Wildman–Crippen LogP) is 2.38. The topological polar surface area (TPSA) is 49.3 Å². The van der Waals surface area contributed by atoms with Crippen molar-refractivity contribution in [3.63, 3.8) is 0 Å². The molecule has 2 rings (SSSR count). The first-order chi connectivity index (χ1) is 7.58. The summed E-state index contributed by atoms with van der Waals surface area (Å²) in [5.74, 6) is -0.705. The van der Waals surface area contributed by atoms with Gasteiger partial charge in [-0.2, -0.15) is 0 Å². The molecule has 0 bridgehead atoms. The molecule has 0 saturated carbocycles. The van der Waals surface area contributed by atoms with Crippen LogP contribution < -0.4 is 5.32 Å². The van der Waals surface area contributed by atoms with Crippen LogP contribution in [0.5, 0.6) is 0 Å². The molecule has 0 amide bonds. The summed E-state index contributed by atoms with van der Waals surface area (Å²) < 4.78 is 13.7. The van der Waals surface area contributed by atoms with Crippen molar-refractivity contribution in [2.24, 2.45) is 0 Å². The lowest BCUT2D eigenvalue weighted by atomic mass is 10.2. The molecular formula is C10H9BrFNO2S. The molecule has 3 nitrogen and oxygen atoms in total. The van der Waals surface area contributed by atoms with Gasteiger partial charge in [-0.15, -0.1) is 11.8 Å². The fourth-order valence-electron chi connectivity index (χ4n) is 1.48. The Kier molecular flexibility index (Phi) is 3.51. The summed E-state index contributed by atoms with van der Waals surface area (Å²) in [6.07, 6.45) is 0. The van der Waals surface area contributed by atoms with Crippen molar-refractivity contribution in [2.45, 2.75) is 11.4 Å². The predicted molar refractivity (Wildman–Crippen MR) is 63.9 cm³/mol. The summed E-state index contributed by atoms with van der Waals surface area (Å²) in [6, 6.07) is 4.27. The smallest absolute Gasteiger partial charge is 0.321 e. The highest BCUT2D eigenvalue weighted by molar-refractivity contribution is 9.10. The molecule has 1 aromatic carbocycles. The molecule has 1 heterocycles. The van der Waals surface area contributed by atoms with Gasteiger partial charge in [0, 0.05) is 5.75 Å². The van der Waals surface area contributed by atoms with Gasteiger partial charge in [-0.1, -0.05) is 6.07 Å². The fraction of sp³-hybridized carbons (Fsp3) is 0.300. The average molecular weight is 306 g/mol. The molecule has 1 aliphatic heterocycles. The molecule has 1 saturated heterocycles. The van der Waals surface area contributed by atoms with Gasteiger partial charge in [-0.25, -0.2) is 4.39 Å². The molecule has 1 aliphatic rings. The number of hydrogen-bond donors (Lipinski definition) is 2. The molecule has 6 heteroatoms. The summed E-state index contributed by atoms with van der Waals surface area (Å²) in [4.78, 5) is 10.7. The van der Waals surface area contributed by atoms with Gasteiger partial charge in [0.2, 0.25) is 0 Å². The van der Waals surface area contributed by atoms with E-state index >= 15 is 0 Å². The number of hydrogen-bond acceptors (Lipinski definition) is 3. The number of aliphatic carboxylic acids is 1. The van der Waals surface area contributed by atoms with Crippen molar-refractivity contribution in [1.29, 1.82) is 0 Å². The Bertz CT molecular complexity index is 429. The molecule has 2 N–H and O–H groups in total. The first-order valence-electron chi connectivity index (χ1n) is 4.63. The van der Waals surface area contributed by atoms with Crippen LogP contribution in [0.1, 0.15) is 10.9 Å². The number of thioether (sulfide) groups is 1. The lowest BCUT2D eigenvalue weighted by Crippen LogP contribution is -2.33. The summed E-state index contributed by atoms with van der Waals surface area (Å²) in [7, 11) is 0. The Labute approximate surface area is 105 Å². The van der Waals surface area contributed by atoms with Crippen molar-refractivity contribution in [2.75, 3.05) is 5.75 Å². The average Bonchev–Trinajstić information content (AvgIpc) is 2.71. The third-order valence-corrected chi connectivity index (χ3v) is 4.24. The molecule has 0 aromatic heterocycles. The lowest BCUT2D eigenvalue weighted by Gasteiger charge is -2.11. The zero-order valence-corrected chi connectivity index (χ0v) is 10.5. The quantitative estimate of drug-likeness (QED) is 0.881. The van der Waals surface area contributed by atoms with E-state index in [2.05, 4.69) is 21.2 Å². The molecule has 0 radical (unpaired) electrons. The van der Waals surface area contributed by atoms with Crippen LogP contribution in [-0.4, -0.2) is 22.9 Å². The van der Waals surface area contributed by atoms with Crippen LogP contribution >= 0.6 is 27.7 Å². The van der Waals surface area contributed by atoms with E-state index in [1.54, 1.807) is 12.1 Å². The van der Waals surface area contributed by atoms with Crippen LogP contribution in [0.4, 0.5) is 4.39 Å². The number of halogens is 2. The SMILES string of the molecule is O=C(O)[C@H]1CSC(c2ccc(Br)c(F)c2)N1. The van der Waals surface area contributed by atoms with E-state index in [-0.39, 0.29) is 11.2 Å². The van der Waals surface area contributed by atoms with Crippen molar-refractivity contribution >= 4 is 33.7 Å². The maximum atomic E-state index is 13.3. The Balaban J connectivity index is 2.14. The van der Waals surface area contributed by atoms with Crippen molar-refractivity contribution < 1.29 is 14.3 Å². The Morgan fingerprint density at radius 3 is 2.94 bits per heavy atom. The van der Waals surface area contributed by atoms with Crippen LogP contribution in [0.25, 0.3) is 0 Å². The molecule has 0 aliphatic carbocycles. The standard InChI is InChI=1S/C10H9BrFNO2S/c11-6-2-1-5(3-7(6)12)9-13-8(4-16-9)10(14)15/h1-3,8-9,13H,4H2,(H,14,15)/t8-,9?/m1/s1. The van der Waals surface area contributed by atoms with E-state index in [0.717, 1.165) is 5.56 Å². The third-order valence-electron chi connectivity index (χ3n) is 2.33. The summed E-state index contributed by atoms with van der Waals surface area (Å²) >= 11 is 4.55. The van der Waals surface area contributed by atoms with Crippen molar-refractivity contribution in [1.82, 2.24) is 5.32 Å². The fourth-order valence-corrected chi connectivity index (χ4v) is 2.95. The maximum Gasteiger partial charge on any atom is 0.321 e. The number of rotatable bonds is 2. The number of carbonyl (C=O) groups is 1. The second kappa shape index (κ2) is 4.73.